The zero-order chi connectivity index (χ0) is 14.5. The molecule has 0 radical (unpaired) electrons. The first-order valence-corrected chi connectivity index (χ1v) is 7.82. The summed E-state index contributed by atoms with van der Waals surface area (Å²) >= 11 is 0. The number of nitrogens with zero attached hydrogens (tertiary/aromatic N) is 1. The molecular weight excluding hydrogens is 248 g/mol. The number of carbonyl (C=O) groups is 1. The average molecular weight is 274 g/mol. The summed E-state index contributed by atoms with van der Waals surface area (Å²) in [7, 11) is 0. The Morgan fingerprint density at radius 1 is 1.40 bits per heavy atom. The van der Waals surface area contributed by atoms with Gasteiger partial charge in [-0.1, -0.05) is 39.0 Å². The van der Waals surface area contributed by atoms with Gasteiger partial charge in [0.1, 0.15) is 0 Å². The van der Waals surface area contributed by atoms with Gasteiger partial charge < -0.3 is 10.2 Å². The monoisotopic (exact) mass is 274 g/mol. The minimum absolute atomic E-state index is 0.100. The van der Waals surface area contributed by atoms with Gasteiger partial charge in [0.25, 0.3) is 0 Å². The van der Waals surface area contributed by atoms with Crippen molar-refractivity contribution >= 4 is 11.6 Å². The first-order chi connectivity index (χ1) is 9.69. The van der Waals surface area contributed by atoms with Gasteiger partial charge in [0.05, 0.1) is 0 Å². The van der Waals surface area contributed by atoms with Gasteiger partial charge in [-0.15, -0.1) is 0 Å². The Kier molecular flexibility index (Phi) is 5.18. The normalized spacial score (nSPS) is 19.6. The van der Waals surface area contributed by atoms with Crippen LogP contribution >= 0.6 is 0 Å². The molecule has 2 unspecified atom stereocenters. The van der Waals surface area contributed by atoms with Gasteiger partial charge in [-0.3, -0.25) is 4.79 Å². The van der Waals surface area contributed by atoms with Crippen LogP contribution in [0.3, 0.4) is 0 Å². The molecule has 1 aliphatic heterocycles. The van der Waals surface area contributed by atoms with Crippen LogP contribution in [0.25, 0.3) is 0 Å². The predicted molar refractivity (Wildman–Crippen MR) is 83.9 cm³/mol. The molecule has 20 heavy (non-hydrogen) atoms. The lowest BCUT2D eigenvalue weighted by Gasteiger charge is -2.36. The number of hydrogen-bond donors (Lipinski definition) is 1. The van der Waals surface area contributed by atoms with Crippen molar-refractivity contribution in [3.8, 4) is 0 Å². The number of fused-ring (bicyclic) bond motifs is 1. The van der Waals surface area contributed by atoms with E-state index in [1.807, 2.05) is 17.9 Å². The van der Waals surface area contributed by atoms with Gasteiger partial charge in [0.15, 0.2) is 0 Å². The zero-order valence-corrected chi connectivity index (χ0v) is 12.9. The van der Waals surface area contributed by atoms with Crippen LogP contribution in [-0.4, -0.2) is 19.0 Å². The Morgan fingerprint density at radius 2 is 2.15 bits per heavy atom. The highest BCUT2D eigenvalue weighted by Gasteiger charge is 2.29. The van der Waals surface area contributed by atoms with E-state index < -0.39 is 0 Å². The molecule has 3 nitrogen and oxygen atoms in total. The molecule has 1 aromatic rings. The first-order valence-electron chi connectivity index (χ1n) is 7.82. The van der Waals surface area contributed by atoms with Crippen molar-refractivity contribution in [2.24, 2.45) is 5.92 Å². The SMILES string of the molecule is CCCNC1CCN(C(=O)C(C)CC)c2ccccc21. The van der Waals surface area contributed by atoms with Crippen LogP contribution in [0.4, 0.5) is 5.69 Å². The minimum Gasteiger partial charge on any atom is -0.312 e. The van der Waals surface area contributed by atoms with Crippen molar-refractivity contribution in [1.29, 1.82) is 0 Å². The molecule has 2 rings (SSSR count). The van der Waals surface area contributed by atoms with E-state index in [1.54, 1.807) is 0 Å². The fourth-order valence-electron chi connectivity index (χ4n) is 2.76. The highest BCUT2D eigenvalue weighted by molar-refractivity contribution is 5.96. The lowest BCUT2D eigenvalue weighted by Crippen LogP contribution is -2.42. The van der Waals surface area contributed by atoms with E-state index in [0.29, 0.717) is 6.04 Å². The van der Waals surface area contributed by atoms with Crippen LogP contribution < -0.4 is 10.2 Å². The van der Waals surface area contributed by atoms with Crippen LogP contribution in [0, 0.1) is 5.92 Å². The molecule has 0 bridgehead atoms. The molecule has 1 amide bonds. The van der Waals surface area contributed by atoms with Gasteiger partial charge in [0, 0.05) is 24.2 Å². The van der Waals surface area contributed by atoms with Crippen LogP contribution in [0.1, 0.15) is 51.6 Å². The Balaban J connectivity index is 2.24. The summed E-state index contributed by atoms with van der Waals surface area (Å²) in [6, 6.07) is 8.70. The Labute approximate surface area is 122 Å². The second kappa shape index (κ2) is 6.89. The molecule has 0 saturated carbocycles. The minimum atomic E-state index is 0.100. The van der Waals surface area contributed by atoms with Crippen molar-refractivity contribution in [2.75, 3.05) is 18.0 Å². The van der Waals surface area contributed by atoms with Crippen LogP contribution in [-0.2, 0) is 4.79 Å². The molecular formula is C17H26N2O. The first kappa shape index (κ1) is 15.0. The third-order valence-electron chi connectivity index (χ3n) is 4.19. The molecule has 0 aliphatic carbocycles. The van der Waals surface area contributed by atoms with Gasteiger partial charge in [-0.2, -0.15) is 0 Å². The largest absolute Gasteiger partial charge is 0.312 e. The van der Waals surface area contributed by atoms with E-state index >= 15 is 0 Å². The van der Waals surface area contributed by atoms with Crippen molar-refractivity contribution in [3.05, 3.63) is 29.8 Å². The molecule has 2 atom stereocenters. The van der Waals surface area contributed by atoms with Crippen LogP contribution in [0.5, 0.6) is 0 Å². The van der Waals surface area contributed by atoms with Crippen LogP contribution in [0.2, 0.25) is 0 Å². The molecule has 3 heteroatoms. The molecule has 1 N–H and O–H groups in total. The fraction of sp³-hybridized carbons (Fsp3) is 0.588. The summed E-state index contributed by atoms with van der Waals surface area (Å²) in [4.78, 5) is 14.5. The molecule has 0 aromatic heterocycles. The number of rotatable bonds is 5. The summed E-state index contributed by atoms with van der Waals surface area (Å²) in [5.74, 6) is 0.358. The van der Waals surface area contributed by atoms with Gasteiger partial charge in [0.2, 0.25) is 5.91 Å². The predicted octanol–water partition coefficient (Wildman–Crippen LogP) is 3.51. The number of hydrogen-bond acceptors (Lipinski definition) is 2. The maximum absolute atomic E-state index is 12.5. The van der Waals surface area contributed by atoms with Crippen molar-refractivity contribution in [1.82, 2.24) is 5.32 Å². The smallest absolute Gasteiger partial charge is 0.229 e. The number of anilines is 1. The Morgan fingerprint density at radius 3 is 2.85 bits per heavy atom. The highest BCUT2D eigenvalue weighted by Crippen LogP contribution is 2.34. The van der Waals surface area contributed by atoms with Crippen molar-refractivity contribution < 1.29 is 4.79 Å². The second-order valence-electron chi connectivity index (χ2n) is 5.65. The maximum atomic E-state index is 12.5. The van der Waals surface area contributed by atoms with E-state index in [1.165, 1.54) is 5.56 Å². The summed E-state index contributed by atoms with van der Waals surface area (Å²) < 4.78 is 0. The standard InChI is InChI=1S/C17H26N2O/c1-4-11-18-15-10-12-19(17(20)13(3)5-2)16-9-7-6-8-14(15)16/h6-9,13,15,18H,4-5,10-12H2,1-3H3. The molecule has 110 valence electrons. The van der Waals surface area contributed by atoms with Crippen LogP contribution in [0.15, 0.2) is 24.3 Å². The van der Waals surface area contributed by atoms with E-state index in [9.17, 15) is 4.79 Å². The maximum Gasteiger partial charge on any atom is 0.229 e. The molecule has 1 aromatic carbocycles. The average Bonchev–Trinajstić information content (AvgIpc) is 2.51. The van der Waals surface area contributed by atoms with Crippen molar-refractivity contribution in [2.45, 2.75) is 46.1 Å². The summed E-state index contributed by atoms with van der Waals surface area (Å²) in [6.45, 7) is 8.12. The number of benzene rings is 1. The lowest BCUT2D eigenvalue weighted by molar-refractivity contribution is -0.122. The van der Waals surface area contributed by atoms with Gasteiger partial charge >= 0.3 is 0 Å². The molecule has 0 saturated heterocycles. The van der Waals surface area contributed by atoms with Gasteiger partial charge in [-0.25, -0.2) is 0 Å². The number of carbonyl (C=O) groups excluding carboxylic acids is 1. The van der Waals surface area contributed by atoms with Crippen molar-refractivity contribution in [3.63, 3.8) is 0 Å². The van der Waals surface area contributed by atoms with E-state index in [0.717, 1.165) is 38.0 Å². The molecule has 0 spiro atoms. The molecule has 1 heterocycles. The quantitative estimate of drug-likeness (QED) is 0.891. The number of para-hydroxylation sites is 1. The summed E-state index contributed by atoms with van der Waals surface area (Å²) in [5.41, 5.74) is 2.36. The van der Waals surface area contributed by atoms with E-state index in [-0.39, 0.29) is 11.8 Å². The zero-order valence-electron chi connectivity index (χ0n) is 12.9. The molecule has 0 fully saturated rings. The second-order valence-corrected chi connectivity index (χ2v) is 5.65. The number of nitrogens with one attached hydrogen (secondary N) is 1. The molecule has 1 aliphatic rings. The topological polar surface area (TPSA) is 32.3 Å². The van der Waals surface area contributed by atoms with E-state index in [4.69, 9.17) is 0 Å². The third kappa shape index (κ3) is 3.04. The highest BCUT2D eigenvalue weighted by atomic mass is 16.2. The Hall–Kier alpha value is -1.35. The lowest BCUT2D eigenvalue weighted by atomic mass is 9.94. The summed E-state index contributed by atoms with van der Waals surface area (Å²) in [6.07, 6.45) is 3.03. The Bertz CT molecular complexity index is 458. The van der Waals surface area contributed by atoms with E-state index in [2.05, 4.69) is 37.4 Å². The third-order valence-corrected chi connectivity index (χ3v) is 4.19. The summed E-state index contributed by atoms with van der Waals surface area (Å²) in [5, 5.41) is 3.59. The number of amides is 1. The fourth-order valence-corrected chi connectivity index (χ4v) is 2.76. The van der Waals surface area contributed by atoms with Gasteiger partial charge in [-0.05, 0) is 37.4 Å².